The van der Waals surface area contributed by atoms with E-state index in [0.29, 0.717) is 37.0 Å². The van der Waals surface area contributed by atoms with Crippen LogP contribution in [0.3, 0.4) is 0 Å². The maximum atomic E-state index is 12.5. The molecular weight excluding hydrogens is 274 g/mol. The molecule has 2 fully saturated rings. The standard InChI is InChI=1S/C19H33NO2/c1-19(2,3)14-16(21)10-6-12-18(22)20-13-7-9-15-8-4-5-11-17(15)20/h15,17H,4-14H2,1-3H3. The van der Waals surface area contributed by atoms with Crippen molar-refractivity contribution in [2.45, 2.75) is 91.0 Å². The first kappa shape index (κ1) is 17.5. The summed E-state index contributed by atoms with van der Waals surface area (Å²) in [6.45, 7) is 7.21. The Morgan fingerprint density at radius 3 is 2.41 bits per heavy atom. The van der Waals surface area contributed by atoms with Gasteiger partial charge in [-0.05, 0) is 43.4 Å². The Bertz CT molecular complexity index is 395. The highest BCUT2D eigenvalue weighted by Crippen LogP contribution is 2.35. The minimum atomic E-state index is 0.0588. The van der Waals surface area contributed by atoms with E-state index in [0.717, 1.165) is 25.3 Å². The molecule has 0 aromatic rings. The van der Waals surface area contributed by atoms with Crippen LogP contribution < -0.4 is 0 Å². The van der Waals surface area contributed by atoms with Crippen LogP contribution in [0.2, 0.25) is 0 Å². The van der Waals surface area contributed by atoms with Crippen molar-refractivity contribution in [3.63, 3.8) is 0 Å². The number of ketones is 1. The smallest absolute Gasteiger partial charge is 0.222 e. The third-order valence-corrected chi connectivity index (χ3v) is 5.14. The normalized spacial score (nSPS) is 25.7. The number of likely N-dealkylation sites (tertiary alicyclic amines) is 1. The van der Waals surface area contributed by atoms with Crippen LogP contribution in [0.4, 0.5) is 0 Å². The van der Waals surface area contributed by atoms with Crippen LogP contribution in [0, 0.1) is 11.3 Å². The van der Waals surface area contributed by atoms with Crippen molar-refractivity contribution >= 4 is 11.7 Å². The lowest BCUT2D eigenvalue weighted by atomic mass is 9.78. The zero-order chi connectivity index (χ0) is 16.2. The van der Waals surface area contributed by atoms with Gasteiger partial charge in [0.25, 0.3) is 0 Å². The van der Waals surface area contributed by atoms with Gasteiger partial charge in [0, 0.05) is 31.8 Å². The number of nitrogens with zero attached hydrogens (tertiary/aromatic N) is 1. The van der Waals surface area contributed by atoms with Crippen LogP contribution in [-0.4, -0.2) is 29.2 Å². The quantitative estimate of drug-likeness (QED) is 0.757. The van der Waals surface area contributed by atoms with Gasteiger partial charge in [-0.15, -0.1) is 0 Å². The average molecular weight is 307 g/mol. The summed E-state index contributed by atoms with van der Waals surface area (Å²) in [6, 6.07) is 0.500. The first-order valence-corrected chi connectivity index (χ1v) is 9.18. The average Bonchev–Trinajstić information content (AvgIpc) is 2.44. The zero-order valence-corrected chi connectivity index (χ0v) is 14.7. The van der Waals surface area contributed by atoms with Crippen LogP contribution in [-0.2, 0) is 9.59 Å². The largest absolute Gasteiger partial charge is 0.339 e. The fraction of sp³-hybridized carbons (Fsp3) is 0.895. The molecule has 2 rings (SSSR count). The van der Waals surface area contributed by atoms with E-state index in [1.807, 2.05) is 0 Å². The molecular formula is C19H33NO2. The first-order chi connectivity index (χ1) is 10.4. The summed E-state index contributed by atoms with van der Waals surface area (Å²) in [5.74, 6) is 1.34. The Balaban J connectivity index is 1.75. The molecule has 3 heteroatoms. The van der Waals surface area contributed by atoms with Gasteiger partial charge in [0.2, 0.25) is 5.91 Å². The molecule has 1 aliphatic heterocycles. The van der Waals surface area contributed by atoms with Crippen LogP contribution in [0.25, 0.3) is 0 Å². The lowest BCUT2D eigenvalue weighted by Gasteiger charge is -2.44. The molecule has 1 aliphatic carbocycles. The maximum absolute atomic E-state index is 12.5. The summed E-state index contributed by atoms with van der Waals surface area (Å²) < 4.78 is 0. The second-order valence-corrected chi connectivity index (χ2v) is 8.47. The van der Waals surface area contributed by atoms with E-state index in [9.17, 15) is 9.59 Å². The molecule has 3 nitrogen and oxygen atoms in total. The van der Waals surface area contributed by atoms with Gasteiger partial charge in [-0.25, -0.2) is 0 Å². The highest BCUT2D eigenvalue weighted by molar-refractivity contribution is 5.80. The van der Waals surface area contributed by atoms with Gasteiger partial charge in [-0.3, -0.25) is 9.59 Å². The third kappa shape index (κ3) is 5.10. The molecule has 2 atom stereocenters. The molecule has 1 amide bonds. The maximum Gasteiger partial charge on any atom is 0.222 e. The molecule has 0 spiro atoms. The predicted octanol–water partition coefficient (Wildman–Crippen LogP) is 4.34. The van der Waals surface area contributed by atoms with Crippen LogP contribution in [0.1, 0.15) is 85.0 Å². The monoisotopic (exact) mass is 307 g/mol. The number of hydrogen-bond acceptors (Lipinski definition) is 2. The second-order valence-electron chi connectivity index (χ2n) is 8.47. The van der Waals surface area contributed by atoms with Gasteiger partial charge < -0.3 is 4.90 Å². The lowest BCUT2D eigenvalue weighted by Crippen LogP contribution is -2.49. The van der Waals surface area contributed by atoms with Crippen molar-refractivity contribution in [3.05, 3.63) is 0 Å². The SMILES string of the molecule is CC(C)(C)CC(=O)CCCC(=O)N1CCCC2CCCCC21. The number of hydrogen-bond donors (Lipinski definition) is 0. The van der Waals surface area contributed by atoms with E-state index in [-0.39, 0.29) is 5.41 Å². The van der Waals surface area contributed by atoms with Crippen molar-refractivity contribution in [1.29, 1.82) is 0 Å². The van der Waals surface area contributed by atoms with Crippen LogP contribution in [0.5, 0.6) is 0 Å². The predicted molar refractivity (Wildman–Crippen MR) is 89.6 cm³/mol. The van der Waals surface area contributed by atoms with Gasteiger partial charge in [-0.1, -0.05) is 33.6 Å². The van der Waals surface area contributed by atoms with Crippen molar-refractivity contribution in [2.75, 3.05) is 6.54 Å². The van der Waals surface area contributed by atoms with Gasteiger partial charge in [0.15, 0.2) is 0 Å². The summed E-state index contributed by atoms with van der Waals surface area (Å²) in [4.78, 5) is 26.6. The number of fused-ring (bicyclic) bond motifs is 1. The number of rotatable bonds is 5. The summed E-state index contributed by atoms with van der Waals surface area (Å²) in [5.41, 5.74) is 0.0588. The Morgan fingerprint density at radius 2 is 1.68 bits per heavy atom. The molecule has 0 radical (unpaired) electrons. The summed E-state index contributed by atoms with van der Waals surface area (Å²) in [7, 11) is 0. The van der Waals surface area contributed by atoms with E-state index in [1.54, 1.807) is 0 Å². The van der Waals surface area contributed by atoms with Crippen LogP contribution in [0.15, 0.2) is 0 Å². The highest BCUT2D eigenvalue weighted by atomic mass is 16.2. The minimum absolute atomic E-state index is 0.0588. The van der Waals surface area contributed by atoms with Crippen molar-refractivity contribution < 1.29 is 9.59 Å². The highest BCUT2D eigenvalue weighted by Gasteiger charge is 2.35. The molecule has 0 aromatic heterocycles. The molecule has 1 saturated heterocycles. The molecule has 126 valence electrons. The van der Waals surface area contributed by atoms with Crippen LogP contribution >= 0.6 is 0 Å². The summed E-state index contributed by atoms with van der Waals surface area (Å²) in [6.07, 6.45) is 10.0. The van der Waals surface area contributed by atoms with E-state index < -0.39 is 0 Å². The molecule has 22 heavy (non-hydrogen) atoms. The number of Topliss-reactive ketones (excluding diaryl/α,β-unsaturated/α-hetero) is 1. The van der Waals surface area contributed by atoms with E-state index in [2.05, 4.69) is 25.7 Å². The third-order valence-electron chi connectivity index (χ3n) is 5.14. The van der Waals surface area contributed by atoms with E-state index in [4.69, 9.17) is 0 Å². The molecule has 2 unspecified atom stereocenters. The fourth-order valence-corrected chi connectivity index (χ4v) is 4.19. The summed E-state index contributed by atoms with van der Waals surface area (Å²) >= 11 is 0. The molecule has 1 heterocycles. The molecule has 0 N–H and O–H groups in total. The van der Waals surface area contributed by atoms with E-state index >= 15 is 0 Å². The lowest BCUT2D eigenvalue weighted by molar-refractivity contribution is -0.137. The number of carbonyl (C=O) groups excluding carboxylic acids is 2. The van der Waals surface area contributed by atoms with Gasteiger partial charge in [0.1, 0.15) is 5.78 Å². The van der Waals surface area contributed by atoms with Crippen molar-refractivity contribution in [3.8, 4) is 0 Å². The second kappa shape index (κ2) is 7.61. The summed E-state index contributed by atoms with van der Waals surface area (Å²) in [5, 5.41) is 0. The first-order valence-electron chi connectivity index (χ1n) is 9.18. The Hall–Kier alpha value is -0.860. The topological polar surface area (TPSA) is 37.4 Å². The minimum Gasteiger partial charge on any atom is -0.339 e. The Labute approximate surface area is 135 Å². The van der Waals surface area contributed by atoms with Gasteiger partial charge in [-0.2, -0.15) is 0 Å². The van der Waals surface area contributed by atoms with E-state index in [1.165, 1.54) is 32.1 Å². The fourth-order valence-electron chi connectivity index (χ4n) is 4.19. The Morgan fingerprint density at radius 1 is 1.00 bits per heavy atom. The van der Waals surface area contributed by atoms with Gasteiger partial charge >= 0.3 is 0 Å². The number of amides is 1. The zero-order valence-electron chi connectivity index (χ0n) is 14.7. The molecule has 1 saturated carbocycles. The van der Waals surface area contributed by atoms with Crippen molar-refractivity contribution in [2.24, 2.45) is 11.3 Å². The molecule has 0 bridgehead atoms. The van der Waals surface area contributed by atoms with Crippen molar-refractivity contribution in [1.82, 2.24) is 4.90 Å². The molecule has 2 aliphatic rings. The molecule has 0 aromatic carbocycles. The number of carbonyl (C=O) groups is 2. The van der Waals surface area contributed by atoms with Gasteiger partial charge in [0.05, 0.1) is 0 Å². The number of piperidine rings is 1. The Kier molecular flexibility index (Phi) is 6.05.